The van der Waals surface area contributed by atoms with Crippen molar-refractivity contribution in [2.24, 2.45) is 10.7 Å². The monoisotopic (exact) mass is 353 g/mol. The molecule has 0 amide bonds. The highest BCUT2D eigenvalue weighted by Gasteiger charge is 2.32. The van der Waals surface area contributed by atoms with Gasteiger partial charge in [0, 0.05) is 18.6 Å². The Bertz CT molecular complexity index is 791. The van der Waals surface area contributed by atoms with E-state index in [1.54, 1.807) is 12.1 Å². The summed E-state index contributed by atoms with van der Waals surface area (Å²) in [5.74, 6) is -2.83. The van der Waals surface area contributed by atoms with Gasteiger partial charge in [-0.15, -0.1) is 0 Å². The van der Waals surface area contributed by atoms with Crippen LogP contribution < -0.4 is 0 Å². The molecule has 1 aliphatic carbocycles. The zero-order chi connectivity index (χ0) is 17.9. The molecule has 2 rings (SSSR count). The number of aromatic hydroxyl groups is 1. The Labute approximate surface area is 137 Å². The van der Waals surface area contributed by atoms with Crippen molar-refractivity contribution in [3.05, 3.63) is 53.5 Å². The first-order chi connectivity index (χ1) is 11.2. The Morgan fingerprint density at radius 3 is 2.50 bits per heavy atom. The van der Waals surface area contributed by atoms with Crippen LogP contribution in [0.15, 0.2) is 52.7 Å². The molecule has 0 aromatic heterocycles. The van der Waals surface area contributed by atoms with E-state index in [4.69, 9.17) is 9.79 Å². The van der Waals surface area contributed by atoms with Crippen LogP contribution in [0, 0.1) is 5.92 Å². The minimum absolute atomic E-state index is 0.0527. The molecule has 0 bridgehead atoms. The Morgan fingerprint density at radius 2 is 1.88 bits per heavy atom. The lowest BCUT2D eigenvalue weighted by Crippen LogP contribution is -2.28. The SMILES string of the molecule is O=C(CCc1cccc(O)c1)C1C(O)=CC(O)=C/C1=N\P(=O)(O)O. The zero-order valence-corrected chi connectivity index (χ0v) is 13.3. The number of hydrogen-bond acceptors (Lipinski definition) is 5. The number of allylic oxidation sites excluding steroid dienone is 3. The van der Waals surface area contributed by atoms with Crippen LogP contribution in [0.5, 0.6) is 5.75 Å². The van der Waals surface area contributed by atoms with E-state index in [-0.39, 0.29) is 18.6 Å². The van der Waals surface area contributed by atoms with Gasteiger partial charge in [-0.05, 0) is 24.1 Å². The largest absolute Gasteiger partial charge is 0.511 e. The van der Waals surface area contributed by atoms with Gasteiger partial charge in [-0.2, -0.15) is 4.76 Å². The van der Waals surface area contributed by atoms with E-state index >= 15 is 0 Å². The minimum atomic E-state index is -4.84. The molecule has 128 valence electrons. The van der Waals surface area contributed by atoms with Crippen LogP contribution in [0.3, 0.4) is 0 Å². The molecule has 5 N–H and O–H groups in total. The second-order valence-corrected chi connectivity index (χ2v) is 6.47. The predicted octanol–water partition coefficient (Wildman–Crippen LogP) is 1.94. The van der Waals surface area contributed by atoms with Crippen molar-refractivity contribution < 1.29 is 34.5 Å². The van der Waals surface area contributed by atoms with Gasteiger partial charge in [0.2, 0.25) is 0 Å². The molecule has 1 aromatic carbocycles. The Morgan fingerprint density at radius 1 is 1.17 bits per heavy atom. The summed E-state index contributed by atoms with van der Waals surface area (Å²) in [6.07, 6.45) is 2.06. The number of aryl methyl sites for hydroxylation is 1. The molecule has 1 aromatic rings. The van der Waals surface area contributed by atoms with Gasteiger partial charge >= 0.3 is 7.75 Å². The normalized spacial score (nSPS) is 19.8. The standard InChI is InChI=1S/C15H16NO7P/c17-10-3-1-2-9(6-10)4-5-13(19)15-12(16-24(21,22)23)7-11(18)8-14(15)20/h1-3,6-8,15,17-18,20H,4-5H2,(H2,21,22,23)/b16-12+. The number of carbonyl (C=O) groups excluding carboxylic acids is 1. The van der Waals surface area contributed by atoms with Crippen LogP contribution in [0.4, 0.5) is 0 Å². The van der Waals surface area contributed by atoms with Gasteiger partial charge in [-0.3, -0.25) is 4.79 Å². The Balaban J connectivity index is 2.20. The molecule has 24 heavy (non-hydrogen) atoms. The number of rotatable bonds is 5. The molecule has 0 saturated heterocycles. The quantitative estimate of drug-likeness (QED) is 0.508. The highest BCUT2D eigenvalue weighted by molar-refractivity contribution is 7.50. The fourth-order valence-electron chi connectivity index (χ4n) is 2.35. The number of aliphatic hydroxyl groups excluding tert-OH is 2. The summed E-state index contributed by atoms with van der Waals surface area (Å²) in [6, 6.07) is 6.30. The Hall–Kier alpha value is -2.41. The van der Waals surface area contributed by atoms with Crippen molar-refractivity contribution in [3.8, 4) is 5.75 Å². The van der Waals surface area contributed by atoms with Crippen molar-refractivity contribution in [2.45, 2.75) is 12.8 Å². The van der Waals surface area contributed by atoms with E-state index in [9.17, 15) is 24.7 Å². The van der Waals surface area contributed by atoms with Crippen LogP contribution >= 0.6 is 7.75 Å². The highest BCUT2D eigenvalue weighted by atomic mass is 31.2. The van der Waals surface area contributed by atoms with E-state index in [0.29, 0.717) is 5.56 Å². The maximum atomic E-state index is 12.4. The molecular weight excluding hydrogens is 337 g/mol. The lowest BCUT2D eigenvalue weighted by atomic mass is 9.88. The van der Waals surface area contributed by atoms with Crippen molar-refractivity contribution in [1.29, 1.82) is 0 Å². The molecule has 0 fully saturated rings. The summed E-state index contributed by atoms with van der Waals surface area (Å²) in [7, 11) is -4.84. The van der Waals surface area contributed by atoms with Gasteiger partial charge in [0.15, 0.2) is 0 Å². The molecule has 8 nitrogen and oxygen atoms in total. The summed E-state index contributed by atoms with van der Waals surface area (Å²) in [4.78, 5) is 30.3. The average Bonchev–Trinajstić information content (AvgIpc) is 2.42. The highest BCUT2D eigenvalue weighted by Crippen LogP contribution is 2.38. The van der Waals surface area contributed by atoms with Gasteiger partial charge in [-0.25, -0.2) is 4.57 Å². The molecule has 0 aliphatic heterocycles. The molecule has 1 atom stereocenters. The van der Waals surface area contributed by atoms with Gasteiger partial charge in [0.25, 0.3) is 0 Å². The van der Waals surface area contributed by atoms with Crippen LogP contribution in [0.2, 0.25) is 0 Å². The smallest absolute Gasteiger partial charge is 0.448 e. The fraction of sp³-hybridized carbons (Fsp3) is 0.200. The lowest BCUT2D eigenvalue weighted by molar-refractivity contribution is -0.120. The number of ketones is 1. The maximum Gasteiger partial charge on any atom is 0.448 e. The summed E-state index contributed by atoms with van der Waals surface area (Å²) >= 11 is 0. The number of phenolic OH excluding ortho intramolecular Hbond substituents is 1. The molecule has 0 saturated carbocycles. The second kappa shape index (κ2) is 7.00. The minimum Gasteiger partial charge on any atom is -0.511 e. The van der Waals surface area contributed by atoms with E-state index in [0.717, 1.165) is 12.2 Å². The van der Waals surface area contributed by atoms with Gasteiger partial charge in [-0.1, -0.05) is 12.1 Å². The van der Waals surface area contributed by atoms with Gasteiger partial charge < -0.3 is 25.1 Å². The van der Waals surface area contributed by atoms with E-state index < -0.39 is 36.7 Å². The van der Waals surface area contributed by atoms with E-state index in [1.165, 1.54) is 12.1 Å². The molecule has 1 unspecified atom stereocenters. The number of aliphatic hydroxyl groups is 2. The van der Waals surface area contributed by atoms with Crippen molar-refractivity contribution >= 4 is 19.2 Å². The molecular formula is C15H16NO7P. The molecule has 0 heterocycles. The predicted molar refractivity (Wildman–Crippen MR) is 85.8 cm³/mol. The molecule has 0 spiro atoms. The maximum absolute atomic E-state index is 12.4. The number of Topliss-reactive ketones (excluding diaryl/α,β-unsaturated/α-hetero) is 1. The summed E-state index contributed by atoms with van der Waals surface area (Å²) in [6.45, 7) is 0. The number of carbonyl (C=O) groups is 1. The molecule has 9 heteroatoms. The van der Waals surface area contributed by atoms with Crippen LogP contribution in [0.1, 0.15) is 12.0 Å². The van der Waals surface area contributed by atoms with Crippen molar-refractivity contribution in [3.63, 3.8) is 0 Å². The van der Waals surface area contributed by atoms with Crippen molar-refractivity contribution in [2.75, 3.05) is 0 Å². The number of hydrogen-bond donors (Lipinski definition) is 5. The number of nitrogens with zero attached hydrogens (tertiary/aromatic N) is 1. The van der Waals surface area contributed by atoms with Crippen LogP contribution in [-0.2, 0) is 15.8 Å². The van der Waals surface area contributed by atoms with Crippen LogP contribution in [-0.4, -0.2) is 36.6 Å². The summed E-state index contributed by atoms with van der Waals surface area (Å²) in [5, 5.41) is 28.7. The second-order valence-electron chi connectivity index (χ2n) is 5.25. The number of phenols is 1. The fourth-order valence-corrected chi connectivity index (χ4v) is 2.83. The Kier molecular flexibility index (Phi) is 5.23. The third kappa shape index (κ3) is 4.79. The van der Waals surface area contributed by atoms with Gasteiger partial charge in [0.05, 0.1) is 5.71 Å². The molecule has 1 aliphatic rings. The number of benzene rings is 1. The first kappa shape index (κ1) is 17.9. The zero-order valence-electron chi connectivity index (χ0n) is 12.4. The van der Waals surface area contributed by atoms with E-state index in [1.807, 2.05) is 0 Å². The third-order valence-electron chi connectivity index (χ3n) is 3.32. The first-order valence-corrected chi connectivity index (χ1v) is 8.50. The van der Waals surface area contributed by atoms with E-state index in [2.05, 4.69) is 4.76 Å². The third-order valence-corrected chi connectivity index (χ3v) is 3.81. The molecule has 0 radical (unpaired) electrons. The summed E-state index contributed by atoms with van der Waals surface area (Å²) in [5.41, 5.74) is 0.288. The first-order valence-electron chi connectivity index (χ1n) is 6.93. The summed E-state index contributed by atoms with van der Waals surface area (Å²) < 4.78 is 14.2. The lowest BCUT2D eigenvalue weighted by Gasteiger charge is -2.19. The van der Waals surface area contributed by atoms with Crippen molar-refractivity contribution in [1.82, 2.24) is 0 Å². The average molecular weight is 353 g/mol. The van der Waals surface area contributed by atoms with Crippen LogP contribution in [0.25, 0.3) is 0 Å². The van der Waals surface area contributed by atoms with Gasteiger partial charge in [0.1, 0.15) is 29.0 Å². The topological polar surface area (TPSA) is 148 Å².